The van der Waals surface area contributed by atoms with E-state index >= 15 is 0 Å². The summed E-state index contributed by atoms with van der Waals surface area (Å²) in [5, 5.41) is 16.7. The summed E-state index contributed by atoms with van der Waals surface area (Å²) in [5.74, 6) is 0.756. The molecule has 23 heavy (non-hydrogen) atoms. The molecule has 1 unspecified atom stereocenters. The molecule has 1 aliphatic carbocycles. The Morgan fingerprint density at radius 1 is 1.35 bits per heavy atom. The molecule has 0 saturated heterocycles. The normalized spacial score (nSPS) is 23.1. The maximum atomic E-state index is 12.5. The Bertz CT molecular complexity index is 769. The highest BCUT2D eigenvalue weighted by Gasteiger charge is 2.43. The number of hydrogen-bond donors (Lipinski definition) is 2. The zero-order valence-corrected chi connectivity index (χ0v) is 14.3. The van der Waals surface area contributed by atoms with Crippen molar-refractivity contribution < 1.29 is 9.69 Å². The summed E-state index contributed by atoms with van der Waals surface area (Å²) in [6, 6.07) is 6.61. The van der Waals surface area contributed by atoms with E-state index in [1.54, 1.807) is 6.07 Å². The second kappa shape index (κ2) is 6.08. The highest BCUT2D eigenvalue weighted by atomic mass is 32.1. The van der Waals surface area contributed by atoms with Crippen molar-refractivity contribution in [2.24, 2.45) is 5.92 Å². The van der Waals surface area contributed by atoms with Crippen LogP contribution >= 0.6 is 22.7 Å². The van der Waals surface area contributed by atoms with Crippen LogP contribution in [0.15, 0.2) is 22.9 Å². The van der Waals surface area contributed by atoms with Gasteiger partial charge in [0.1, 0.15) is 17.1 Å². The molecule has 6 heteroatoms. The highest BCUT2D eigenvalue weighted by molar-refractivity contribution is 7.14. The second-order valence-corrected chi connectivity index (χ2v) is 8.19. The zero-order chi connectivity index (χ0) is 15.8. The van der Waals surface area contributed by atoms with E-state index in [0.29, 0.717) is 23.2 Å². The lowest BCUT2D eigenvalue weighted by Gasteiger charge is -2.32. The average molecular weight is 344 g/mol. The molecule has 1 amide bonds. The number of quaternary nitrogens is 1. The Hall–Kier alpha value is -1.68. The maximum Gasteiger partial charge on any atom is 0.280 e. The number of amides is 1. The number of rotatable bonds is 4. The fourth-order valence-corrected chi connectivity index (χ4v) is 5.25. The summed E-state index contributed by atoms with van der Waals surface area (Å²) in [7, 11) is 0. The minimum Gasteiger partial charge on any atom is -0.320 e. The Balaban J connectivity index is 1.48. The van der Waals surface area contributed by atoms with E-state index in [-0.39, 0.29) is 5.91 Å². The van der Waals surface area contributed by atoms with Crippen molar-refractivity contribution in [3.05, 3.63) is 38.9 Å². The third-order valence-electron chi connectivity index (χ3n) is 4.75. The van der Waals surface area contributed by atoms with Crippen molar-refractivity contribution in [2.45, 2.75) is 25.3 Å². The van der Waals surface area contributed by atoms with Gasteiger partial charge in [0.25, 0.3) is 5.91 Å². The van der Waals surface area contributed by atoms with Gasteiger partial charge in [0.05, 0.1) is 12.1 Å². The molecule has 2 aromatic heterocycles. The van der Waals surface area contributed by atoms with Crippen LogP contribution in [0.4, 0.5) is 5.00 Å². The number of thiophene rings is 2. The number of nitrogens with zero attached hydrogens (tertiary/aromatic N) is 1. The van der Waals surface area contributed by atoms with Crippen molar-refractivity contribution in [1.29, 1.82) is 5.26 Å². The quantitative estimate of drug-likeness (QED) is 0.893. The Kier molecular flexibility index (Phi) is 3.93. The van der Waals surface area contributed by atoms with E-state index in [4.69, 9.17) is 5.26 Å². The molecule has 0 bridgehead atoms. The molecule has 2 N–H and O–H groups in total. The van der Waals surface area contributed by atoms with Crippen LogP contribution in [0.3, 0.4) is 0 Å². The van der Waals surface area contributed by atoms with Gasteiger partial charge in [-0.1, -0.05) is 0 Å². The van der Waals surface area contributed by atoms with Gasteiger partial charge in [-0.25, -0.2) is 0 Å². The average Bonchev–Trinajstić information content (AvgIpc) is 3.08. The van der Waals surface area contributed by atoms with Crippen molar-refractivity contribution in [1.82, 2.24) is 0 Å². The first-order valence-electron chi connectivity index (χ1n) is 7.94. The number of fused-ring (bicyclic) bond motifs is 1. The van der Waals surface area contributed by atoms with Crippen molar-refractivity contribution in [3.63, 3.8) is 0 Å². The van der Waals surface area contributed by atoms with Crippen LogP contribution < -0.4 is 10.2 Å². The van der Waals surface area contributed by atoms with Gasteiger partial charge in [-0.3, -0.25) is 4.79 Å². The van der Waals surface area contributed by atoms with Gasteiger partial charge in [-0.15, -0.1) is 22.7 Å². The van der Waals surface area contributed by atoms with Gasteiger partial charge in [0, 0.05) is 22.8 Å². The van der Waals surface area contributed by atoms with Crippen molar-refractivity contribution in [2.75, 3.05) is 18.4 Å². The molecule has 1 aliphatic heterocycles. The molecule has 1 saturated carbocycles. The van der Waals surface area contributed by atoms with Gasteiger partial charge in [-0.05, 0) is 35.7 Å². The third-order valence-corrected chi connectivity index (χ3v) is 6.57. The van der Waals surface area contributed by atoms with Gasteiger partial charge in [-0.2, -0.15) is 5.26 Å². The zero-order valence-electron chi connectivity index (χ0n) is 12.7. The van der Waals surface area contributed by atoms with Crippen LogP contribution in [0.25, 0.3) is 0 Å². The molecule has 3 heterocycles. The molecular formula is C17H18N3OS2+. The first-order valence-corrected chi connectivity index (χ1v) is 9.70. The van der Waals surface area contributed by atoms with Crippen LogP contribution in [0.2, 0.25) is 0 Å². The number of anilines is 1. The fourth-order valence-electron chi connectivity index (χ4n) is 3.57. The summed E-state index contributed by atoms with van der Waals surface area (Å²) >= 11 is 3.27. The highest BCUT2D eigenvalue weighted by Crippen LogP contribution is 2.42. The molecule has 0 radical (unpaired) electrons. The van der Waals surface area contributed by atoms with Gasteiger partial charge in [0.15, 0.2) is 6.54 Å². The molecule has 4 nitrogen and oxygen atoms in total. The topological polar surface area (TPSA) is 57.3 Å². The maximum absolute atomic E-state index is 12.5. The van der Waals surface area contributed by atoms with Crippen molar-refractivity contribution in [3.8, 4) is 6.07 Å². The SMILES string of the molecule is N#Cc1ccsc1NC(=O)C[NH+]1CCc2sccc2[C@H]1C1CC1. The number of carbonyl (C=O) groups excluding carboxylic acids is 1. The molecule has 1 fully saturated rings. The molecule has 2 atom stereocenters. The molecular weight excluding hydrogens is 326 g/mol. The molecule has 2 aliphatic rings. The van der Waals surface area contributed by atoms with E-state index in [0.717, 1.165) is 18.9 Å². The van der Waals surface area contributed by atoms with E-state index in [2.05, 4.69) is 22.8 Å². The predicted molar refractivity (Wildman–Crippen MR) is 91.8 cm³/mol. The molecule has 118 valence electrons. The first-order chi connectivity index (χ1) is 11.3. The Morgan fingerprint density at radius 3 is 2.96 bits per heavy atom. The van der Waals surface area contributed by atoms with Crippen LogP contribution in [-0.4, -0.2) is 19.0 Å². The van der Waals surface area contributed by atoms with Gasteiger partial charge in [0.2, 0.25) is 0 Å². The molecule has 0 spiro atoms. The van der Waals surface area contributed by atoms with Crippen molar-refractivity contribution >= 4 is 33.6 Å². The number of nitrogens with one attached hydrogen (secondary N) is 2. The molecule has 0 aromatic carbocycles. The van der Waals surface area contributed by atoms with E-state index < -0.39 is 0 Å². The lowest BCUT2D eigenvalue weighted by atomic mass is 9.96. The largest absolute Gasteiger partial charge is 0.320 e. The summed E-state index contributed by atoms with van der Waals surface area (Å²) < 4.78 is 0. The third kappa shape index (κ3) is 2.92. The minimum absolute atomic E-state index is 0.0169. The van der Waals surface area contributed by atoms with Crippen LogP contribution in [-0.2, 0) is 11.2 Å². The predicted octanol–water partition coefficient (Wildman–Crippen LogP) is 2.21. The monoisotopic (exact) mass is 344 g/mol. The van der Waals surface area contributed by atoms with Crippen LogP contribution in [0.5, 0.6) is 0 Å². The van der Waals surface area contributed by atoms with Gasteiger partial charge >= 0.3 is 0 Å². The Labute approximate surface area is 143 Å². The van der Waals surface area contributed by atoms with E-state index in [1.807, 2.05) is 16.7 Å². The number of hydrogen-bond acceptors (Lipinski definition) is 4. The summed E-state index contributed by atoms with van der Waals surface area (Å²) in [5.41, 5.74) is 2.02. The van der Waals surface area contributed by atoms with E-state index in [1.165, 1.54) is 39.5 Å². The second-order valence-electron chi connectivity index (χ2n) is 6.27. The summed E-state index contributed by atoms with van der Waals surface area (Å²) in [6.45, 7) is 1.51. The lowest BCUT2D eigenvalue weighted by molar-refractivity contribution is -0.928. The van der Waals surface area contributed by atoms with Crippen LogP contribution in [0.1, 0.15) is 34.9 Å². The Morgan fingerprint density at radius 2 is 2.17 bits per heavy atom. The van der Waals surface area contributed by atoms with Gasteiger partial charge < -0.3 is 10.2 Å². The van der Waals surface area contributed by atoms with E-state index in [9.17, 15) is 4.79 Å². The minimum atomic E-state index is 0.0169. The molecule has 4 rings (SSSR count). The standard InChI is InChI=1S/C17H17N3OS2/c18-9-12-4-7-23-17(12)19-15(21)10-20-6-3-14-13(5-8-22-14)16(20)11-1-2-11/h4-5,7-8,11,16H,1-3,6,10H2,(H,19,21)/p+1/t16-/m1/s1. The smallest absolute Gasteiger partial charge is 0.280 e. The molecule has 2 aromatic rings. The lowest BCUT2D eigenvalue weighted by Crippen LogP contribution is -3.14. The number of carbonyl (C=O) groups is 1. The summed E-state index contributed by atoms with van der Waals surface area (Å²) in [4.78, 5) is 15.3. The summed E-state index contributed by atoms with van der Waals surface area (Å²) in [6.07, 6.45) is 3.64. The fraction of sp³-hybridized carbons (Fsp3) is 0.412. The first kappa shape index (κ1) is 14.9. The number of nitriles is 1. The van der Waals surface area contributed by atoms with Crippen LogP contribution in [0, 0.1) is 17.2 Å².